The Balaban J connectivity index is 1.70. The van der Waals surface area contributed by atoms with Crippen LogP contribution in [-0.4, -0.2) is 47.2 Å². The minimum absolute atomic E-state index is 0.0709. The predicted molar refractivity (Wildman–Crippen MR) is 122 cm³/mol. The maximum Gasteiger partial charge on any atom is 0.268 e. The largest absolute Gasteiger partial charge is 0.370 e. The third-order valence-corrected chi connectivity index (χ3v) is 6.39. The summed E-state index contributed by atoms with van der Waals surface area (Å²) in [6.07, 6.45) is 4.68. The average Bonchev–Trinajstić information content (AvgIpc) is 2.71. The molecule has 0 radical (unpaired) electrons. The molecule has 3 rings (SSSR count). The summed E-state index contributed by atoms with van der Waals surface area (Å²) in [6, 6.07) is 7.32. The van der Waals surface area contributed by atoms with Crippen LogP contribution in [0.4, 0.5) is 0 Å². The summed E-state index contributed by atoms with van der Waals surface area (Å²) < 4.78 is 0. The van der Waals surface area contributed by atoms with Gasteiger partial charge in [0.1, 0.15) is 18.0 Å². The molecule has 6 nitrogen and oxygen atoms in total. The molecule has 0 aliphatic carbocycles. The van der Waals surface area contributed by atoms with Crippen molar-refractivity contribution in [2.24, 2.45) is 11.3 Å². The van der Waals surface area contributed by atoms with Crippen molar-refractivity contribution >= 4 is 23.4 Å². The van der Waals surface area contributed by atoms with Crippen molar-refractivity contribution in [2.45, 2.75) is 52.3 Å². The Kier molecular flexibility index (Phi) is 7.12. The molecule has 1 saturated heterocycles. The summed E-state index contributed by atoms with van der Waals surface area (Å²) in [5.41, 5.74) is 1.36. The van der Waals surface area contributed by atoms with Crippen molar-refractivity contribution < 1.29 is 14.7 Å². The number of halogens is 1. The molecule has 1 aromatic carbocycles. The molecule has 0 aromatic heterocycles. The number of piperidine rings is 1. The standard InChI is InChI=1S/C24H32ClN3O3/c1-15(2)21(27-22(30)19-6-5-7-20(29)26-19)23(31)28-13-12-18(24(3,4)14-28)16-8-10-17(25)11-9-16/h5-11,15,18,20-21,26,29H,12-14H2,1-4H3,(H,27,30)/t18?,20?,21-/m1/s1. The molecule has 1 aromatic rings. The Morgan fingerprint density at radius 1 is 1.26 bits per heavy atom. The number of likely N-dealkylation sites (tertiary alicyclic amines) is 1. The Hall–Kier alpha value is -2.31. The molecule has 3 N–H and O–H groups in total. The van der Waals surface area contributed by atoms with Crippen LogP contribution in [0.1, 0.15) is 45.6 Å². The van der Waals surface area contributed by atoms with E-state index in [-0.39, 0.29) is 22.9 Å². The smallest absolute Gasteiger partial charge is 0.268 e. The maximum atomic E-state index is 13.4. The number of carbonyl (C=O) groups is 2. The number of hydrogen-bond donors (Lipinski definition) is 3. The number of allylic oxidation sites excluding steroid dienone is 2. The minimum Gasteiger partial charge on any atom is -0.370 e. The molecule has 2 aliphatic rings. The average molecular weight is 446 g/mol. The van der Waals surface area contributed by atoms with E-state index in [0.717, 1.165) is 11.4 Å². The number of aliphatic hydroxyl groups excluding tert-OH is 1. The fourth-order valence-corrected chi connectivity index (χ4v) is 4.57. The van der Waals surface area contributed by atoms with E-state index in [0.29, 0.717) is 19.0 Å². The van der Waals surface area contributed by atoms with E-state index in [1.807, 2.05) is 30.9 Å². The Bertz CT molecular complexity index is 877. The van der Waals surface area contributed by atoms with Gasteiger partial charge in [-0.1, -0.05) is 57.5 Å². The van der Waals surface area contributed by atoms with Crippen molar-refractivity contribution in [3.05, 3.63) is 58.8 Å². The molecule has 7 heteroatoms. The van der Waals surface area contributed by atoms with Gasteiger partial charge in [0.2, 0.25) is 5.91 Å². The lowest BCUT2D eigenvalue weighted by molar-refractivity contribution is -0.140. The van der Waals surface area contributed by atoms with Crippen LogP contribution in [0.2, 0.25) is 5.02 Å². The third kappa shape index (κ3) is 5.49. The van der Waals surface area contributed by atoms with E-state index in [1.165, 1.54) is 11.6 Å². The van der Waals surface area contributed by atoms with Gasteiger partial charge in [0, 0.05) is 18.1 Å². The van der Waals surface area contributed by atoms with E-state index >= 15 is 0 Å². The van der Waals surface area contributed by atoms with E-state index in [9.17, 15) is 14.7 Å². The van der Waals surface area contributed by atoms with Crippen LogP contribution in [0.15, 0.2) is 48.2 Å². The second-order valence-corrected chi connectivity index (χ2v) is 9.83. The number of dihydropyridines is 1. The highest BCUT2D eigenvalue weighted by atomic mass is 35.5. The summed E-state index contributed by atoms with van der Waals surface area (Å²) in [5, 5.41) is 16.0. The van der Waals surface area contributed by atoms with Crippen molar-refractivity contribution in [3.8, 4) is 0 Å². The number of nitrogens with zero attached hydrogens (tertiary/aromatic N) is 1. The van der Waals surface area contributed by atoms with Gasteiger partial charge in [-0.25, -0.2) is 0 Å². The highest BCUT2D eigenvalue weighted by Crippen LogP contribution is 2.42. The number of aliphatic hydroxyl groups is 1. The van der Waals surface area contributed by atoms with E-state index in [4.69, 9.17) is 11.6 Å². The predicted octanol–water partition coefficient (Wildman–Crippen LogP) is 3.18. The number of rotatable bonds is 5. The van der Waals surface area contributed by atoms with Gasteiger partial charge in [-0.3, -0.25) is 9.59 Å². The first-order valence-electron chi connectivity index (χ1n) is 10.8. The zero-order chi connectivity index (χ0) is 22.8. The normalized spacial score (nSPS) is 23.7. The highest BCUT2D eigenvalue weighted by Gasteiger charge is 2.40. The number of amides is 2. The first-order valence-corrected chi connectivity index (χ1v) is 11.1. The Morgan fingerprint density at radius 3 is 2.52 bits per heavy atom. The molecule has 2 unspecified atom stereocenters. The molecule has 2 heterocycles. The first kappa shape index (κ1) is 23.4. The van der Waals surface area contributed by atoms with Crippen molar-refractivity contribution in [2.75, 3.05) is 13.1 Å². The van der Waals surface area contributed by atoms with Gasteiger partial charge >= 0.3 is 0 Å². The van der Waals surface area contributed by atoms with E-state index in [2.05, 4.69) is 36.6 Å². The van der Waals surface area contributed by atoms with Gasteiger partial charge in [-0.05, 0) is 53.5 Å². The molecular weight excluding hydrogens is 414 g/mol. The van der Waals surface area contributed by atoms with Gasteiger partial charge < -0.3 is 20.6 Å². The van der Waals surface area contributed by atoms with Crippen LogP contribution >= 0.6 is 11.6 Å². The van der Waals surface area contributed by atoms with Gasteiger partial charge in [0.25, 0.3) is 5.91 Å². The van der Waals surface area contributed by atoms with Crippen LogP contribution in [0.5, 0.6) is 0 Å². The van der Waals surface area contributed by atoms with Crippen LogP contribution in [0.25, 0.3) is 0 Å². The number of carbonyl (C=O) groups excluding carboxylic acids is 2. The number of benzene rings is 1. The summed E-state index contributed by atoms with van der Waals surface area (Å²) in [7, 11) is 0. The summed E-state index contributed by atoms with van der Waals surface area (Å²) in [6.45, 7) is 9.45. The molecule has 31 heavy (non-hydrogen) atoms. The lowest BCUT2D eigenvalue weighted by atomic mass is 9.70. The zero-order valence-electron chi connectivity index (χ0n) is 18.6. The summed E-state index contributed by atoms with van der Waals surface area (Å²) in [5.74, 6) is -0.215. The molecule has 168 valence electrons. The molecule has 2 aliphatic heterocycles. The highest BCUT2D eigenvalue weighted by molar-refractivity contribution is 6.30. The first-order chi connectivity index (χ1) is 14.6. The lowest BCUT2D eigenvalue weighted by Gasteiger charge is -2.45. The van der Waals surface area contributed by atoms with Crippen LogP contribution in [0, 0.1) is 11.3 Å². The molecule has 0 saturated carbocycles. The third-order valence-electron chi connectivity index (χ3n) is 6.14. The van der Waals surface area contributed by atoms with Gasteiger partial charge in [0.15, 0.2) is 0 Å². The van der Waals surface area contributed by atoms with Crippen molar-refractivity contribution in [1.29, 1.82) is 0 Å². The van der Waals surface area contributed by atoms with Gasteiger partial charge in [-0.15, -0.1) is 0 Å². The fourth-order valence-electron chi connectivity index (χ4n) is 4.44. The zero-order valence-corrected chi connectivity index (χ0v) is 19.3. The Labute approximate surface area is 189 Å². The fraction of sp³-hybridized carbons (Fsp3) is 0.500. The molecule has 1 fully saturated rings. The lowest BCUT2D eigenvalue weighted by Crippen LogP contribution is -2.56. The van der Waals surface area contributed by atoms with Crippen molar-refractivity contribution in [3.63, 3.8) is 0 Å². The number of hydrogen-bond acceptors (Lipinski definition) is 4. The summed E-state index contributed by atoms with van der Waals surface area (Å²) >= 11 is 6.04. The second-order valence-electron chi connectivity index (χ2n) is 9.39. The monoisotopic (exact) mass is 445 g/mol. The minimum atomic E-state index is -0.911. The van der Waals surface area contributed by atoms with Crippen LogP contribution in [-0.2, 0) is 9.59 Å². The molecule has 3 atom stereocenters. The van der Waals surface area contributed by atoms with Crippen LogP contribution < -0.4 is 10.6 Å². The van der Waals surface area contributed by atoms with E-state index in [1.54, 1.807) is 12.2 Å². The molecular formula is C24H32ClN3O3. The quantitative estimate of drug-likeness (QED) is 0.650. The summed E-state index contributed by atoms with van der Waals surface area (Å²) in [4.78, 5) is 27.9. The van der Waals surface area contributed by atoms with Gasteiger partial charge in [0.05, 0.1) is 0 Å². The number of nitrogens with one attached hydrogen (secondary N) is 2. The SMILES string of the molecule is CC(C)[C@@H](NC(=O)C1=CC=CC(O)N1)C(=O)N1CCC(c2ccc(Cl)cc2)C(C)(C)C1. The molecule has 0 spiro atoms. The van der Waals surface area contributed by atoms with Crippen molar-refractivity contribution in [1.82, 2.24) is 15.5 Å². The molecule has 0 bridgehead atoms. The molecule has 2 amide bonds. The Morgan fingerprint density at radius 2 is 1.94 bits per heavy atom. The van der Waals surface area contributed by atoms with E-state index < -0.39 is 18.2 Å². The topological polar surface area (TPSA) is 81.7 Å². The van der Waals surface area contributed by atoms with Crippen LogP contribution in [0.3, 0.4) is 0 Å². The van der Waals surface area contributed by atoms with Gasteiger partial charge in [-0.2, -0.15) is 0 Å². The maximum absolute atomic E-state index is 13.4. The second kappa shape index (κ2) is 9.45.